The van der Waals surface area contributed by atoms with Crippen molar-refractivity contribution in [3.63, 3.8) is 0 Å². The molecule has 1 aromatic heterocycles. The highest BCUT2D eigenvalue weighted by atomic mass is 16.6. The van der Waals surface area contributed by atoms with Crippen molar-refractivity contribution in [3.05, 3.63) is 51.8 Å². The quantitative estimate of drug-likeness (QED) is 0.368. The first-order valence-corrected chi connectivity index (χ1v) is 6.44. The second kappa shape index (κ2) is 6.98. The van der Waals surface area contributed by atoms with Crippen molar-refractivity contribution in [1.82, 2.24) is 9.97 Å². The van der Waals surface area contributed by atoms with E-state index >= 15 is 0 Å². The van der Waals surface area contributed by atoms with Crippen LogP contribution in [0.15, 0.2) is 35.3 Å². The molecule has 0 bridgehead atoms. The van der Waals surface area contributed by atoms with Gasteiger partial charge in [-0.15, -0.1) is 0 Å². The Labute approximate surface area is 131 Å². The van der Waals surface area contributed by atoms with Crippen LogP contribution < -0.4 is 16.2 Å². The average molecular weight is 314 g/mol. The van der Waals surface area contributed by atoms with E-state index in [1.165, 1.54) is 7.11 Å². The van der Waals surface area contributed by atoms with Crippen LogP contribution in [0.25, 0.3) is 12.2 Å². The molecule has 118 valence electrons. The third-order valence-corrected chi connectivity index (χ3v) is 2.69. The minimum absolute atomic E-state index is 0.177. The van der Waals surface area contributed by atoms with Crippen molar-refractivity contribution >= 4 is 29.6 Å². The van der Waals surface area contributed by atoms with Crippen molar-refractivity contribution in [2.75, 3.05) is 7.11 Å². The molecule has 0 saturated carbocycles. The Morgan fingerprint density at radius 1 is 1.26 bits per heavy atom. The molecule has 0 fully saturated rings. The summed E-state index contributed by atoms with van der Waals surface area (Å²) in [6.45, 7) is 0. The number of guanidine groups is 1. The fourth-order valence-electron chi connectivity index (χ4n) is 1.75. The molecular weight excluding hydrogens is 300 g/mol. The lowest BCUT2D eigenvalue weighted by Crippen LogP contribution is -2.22. The standard InChI is InChI=1S/C14H14N6O3/c1-23-13-11(20(21)22)12(19-14(15)16)17-10(18-13)8-7-9-5-3-2-4-6-9/h2-8H,1H3,(H4,15,16,17,18,19)/b8-7+. The second-order valence-corrected chi connectivity index (χ2v) is 4.30. The van der Waals surface area contributed by atoms with Crippen LogP contribution >= 0.6 is 0 Å². The summed E-state index contributed by atoms with van der Waals surface area (Å²) in [7, 11) is 1.26. The zero-order valence-corrected chi connectivity index (χ0v) is 12.2. The molecule has 2 aromatic rings. The molecule has 0 aliphatic rings. The Morgan fingerprint density at radius 3 is 2.52 bits per heavy atom. The molecular formula is C14H14N6O3. The summed E-state index contributed by atoms with van der Waals surface area (Å²) in [4.78, 5) is 22.1. The Morgan fingerprint density at radius 2 is 1.96 bits per heavy atom. The third kappa shape index (κ3) is 4.00. The summed E-state index contributed by atoms with van der Waals surface area (Å²) >= 11 is 0. The molecule has 2 rings (SSSR count). The monoisotopic (exact) mass is 314 g/mol. The highest BCUT2D eigenvalue weighted by molar-refractivity contribution is 5.81. The predicted octanol–water partition coefficient (Wildman–Crippen LogP) is 1.47. The third-order valence-electron chi connectivity index (χ3n) is 2.69. The molecule has 0 unspecified atom stereocenters. The first-order chi connectivity index (χ1) is 11.0. The molecule has 0 radical (unpaired) electrons. The van der Waals surface area contributed by atoms with Gasteiger partial charge in [0.25, 0.3) is 5.88 Å². The summed E-state index contributed by atoms with van der Waals surface area (Å²) in [6, 6.07) is 9.41. The van der Waals surface area contributed by atoms with E-state index in [0.29, 0.717) is 0 Å². The molecule has 0 saturated heterocycles. The Balaban J connectivity index is 2.51. The SMILES string of the molecule is COc1nc(/C=C/c2ccccc2)nc(N=C(N)N)c1[N+](=O)[O-]. The van der Waals surface area contributed by atoms with E-state index < -0.39 is 10.6 Å². The number of hydrogen-bond acceptors (Lipinski definition) is 6. The van der Waals surface area contributed by atoms with Crippen LogP contribution in [0.4, 0.5) is 11.5 Å². The number of nitro groups is 1. The highest BCUT2D eigenvalue weighted by Crippen LogP contribution is 2.33. The maximum absolute atomic E-state index is 11.2. The van der Waals surface area contributed by atoms with Crippen LogP contribution in [-0.4, -0.2) is 28.0 Å². The average Bonchev–Trinajstić information content (AvgIpc) is 2.52. The van der Waals surface area contributed by atoms with Gasteiger partial charge in [0.2, 0.25) is 5.82 Å². The van der Waals surface area contributed by atoms with E-state index in [2.05, 4.69) is 15.0 Å². The first kappa shape index (κ1) is 15.9. The summed E-state index contributed by atoms with van der Waals surface area (Å²) in [5, 5.41) is 11.2. The Hall–Kier alpha value is -3.49. The van der Waals surface area contributed by atoms with Crippen molar-refractivity contribution in [1.29, 1.82) is 0 Å². The van der Waals surface area contributed by atoms with Crippen molar-refractivity contribution in [2.45, 2.75) is 0 Å². The van der Waals surface area contributed by atoms with E-state index in [4.69, 9.17) is 16.2 Å². The second-order valence-electron chi connectivity index (χ2n) is 4.30. The molecule has 23 heavy (non-hydrogen) atoms. The van der Waals surface area contributed by atoms with Gasteiger partial charge in [0.1, 0.15) is 0 Å². The van der Waals surface area contributed by atoms with Gasteiger partial charge in [-0.05, 0) is 11.6 Å². The number of hydrogen-bond donors (Lipinski definition) is 2. The van der Waals surface area contributed by atoms with Gasteiger partial charge in [-0.3, -0.25) is 10.1 Å². The van der Waals surface area contributed by atoms with Crippen molar-refractivity contribution in [2.24, 2.45) is 16.5 Å². The summed E-state index contributed by atoms with van der Waals surface area (Å²) in [5.74, 6) is -0.671. The lowest BCUT2D eigenvalue weighted by atomic mass is 10.2. The van der Waals surface area contributed by atoms with Gasteiger partial charge in [0, 0.05) is 0 Å². The Bertz CT molecular complexity index is 770. The molecule has 1 aromatic carbocycles. The number of aromatic nitrogens is 2. The van der Waals surface area contributed by atoms with Gasteiger partial charge in [0.05, 0.1) is 12.0 Å². The maximum atomic E-state index is 11.2. The maximum Gasteiger partial charge on any atom is 0.375 e. The van der Waals surface area contributed by atoms with E-state index in [9.17, 15) is 10.1 Å². The molecule has 0 atom stereocenters. The van der Waals surface area contributed by atoms with Gasteiger partial charge < -0.3 is 16.2 Å². The van der Waals surface area contributed by atoms with E-state index in [1.54, 1.807) is 12.2 Å². The number of nitrogens with zero attached hydrogens (tertiary/aromatic N) is 4. The van der Waals surface area contributed by atoms with Crippen molar-refractivity contribution < 1.29 is 9.66 Å². The number of methoxy groups -OCH3 is 1. The molecule has 1 heterocycles. The molecule has 0 aliphatic carbocycles. The number of aliphatic imine (C=N–C) groups is 1. The van der Waals surface area contributed by atoms with Gasteiger partial charge in [-0.25, -0.2) is 4.98 Å². The molecule has 9 heteroatoms. The van der Waals surface area contributed by atoms with Crippen LogP contribution in [0.1, 0.15) is 11.4 Å². The largest absolute Gasteiger partial charge is 0.476 e. The Kier molecular flexibility index (Phi) is 4.82. The van der Waals surface area contributed by atoms with Crippen LogP contribution in [0.2, 0.25) is 0 Å². The number of benzene rings is 1. The topological polar surface area (TPSA) is 143 Å². The minimum atomic E-state index is -0.703. The molecule has 0 spiro atoms. The number of rotatable bonds is 5. The van der Waals surface area contributed by atoms with Crippen LogP contribution in [0, 0.1) is 10.1 Å². The zero-order chi connectivity index (χ0) is 16.8. The lowest BCUT2D eigenvalue weighted by Gasteiger charge is -2.04. The van der Waals surface area contributed by atoms with Gasteiger partial charge in [0.15, 0.2) is 11.8 Å². The minimum Gasteiger partial charge on any atom is -0.476 e. The highest BCUT2D eigenvalue weighted by Gasteiger charge is 2.25. The first-order valence-electron chi connectivity index (χ1n) is 6.44. The number of ether oxygens (including phenoxy) is 1. The van der Waals surface area contributed by atoms with Gasteiger partial charge in [-0.2, -0.15) is 9.98 Å². The van der Waals surface area contributed by atoms with Crippen LogP contribution in [-0.2, 0) is 0 Å². The summed E-state index contributed by atoms with van der Waals surface area (Å²) < 4.78 is 4.94. The van der Waals surface area contributed by atoms with E-state index in [1.807, 2.05) is 30.3 Å². The van der Waals surface area contributed by atoms with E-state index in [-0.39, 0.29) is 23.5 Å². The molecule has 0 amide bonds. The lowest BCUT2D eigenvalue weighted by molar-refractivity contribution is -0.385. The molecule has 4 N–H and O–H groups in total. The van der Waals surface area contributed by atoms with Crippen molar-refractivity contribution in [3.8, 4) is 5.88 Å². The fourth-order valence-corrected chi connectivity index (χ4v) is 1.75. The summed E-state index contributed by atoms with van der Waals surface area (Å²) in [5.41, 5.74) is 11.0. The van der Waals surface area contributed by atoms with Gasteiger partial charge >= 0.3 is 5.69 Å². The molecule has 0 aliphatic heterocycles. The summed E-state index contributed by atoms with van der Waals surface area (Å²) in [6.07, 6.45) is 3.33. The zero-order valence-electron chi connectivity index (χ0n) is 12.2. The normalized spacial score (nSPS) is 10.5. The predicted molar refractivity (Wildman–Crippen MR) is 86.1 cm³/mol. The van der Waals surface area contributed by atoms with E-state index in [0.717, 1.165) is 5.56 Å². The van der Waals surface area contributed by atoms with Crippen LogP contribution in [0.3, 0.4) is 0 Å². The van der Waals surface area contributed by atoms with Gasteiger partial charge in [-0.1, -0.05) is 36.4 Å². The smallest absolute Gasteiger partial charge is 0.375 e. The molecule has 9 nitrogen and oxygen atoms in total. The van der Waals surface area contributed by atoms with Crippen LogP contribution in [0.5, 0.6) is 5.88 Å². The fraction of sp³-hybridized carbons (Fsp3) is 0.0714. The number of nitrogens with two attached hydrogens (primary N) is 2.